The zero-order valence-electron chi connectivity index (χ0n) is 28.0. The van der Waals surface area contributed by atoms with Gasteiger partial charge in [0.15, 0.2) is 6.29 Å². The first-order valence-electron chi connectivity index (χ1n) is 17.1. The Morgan fingerprint density at radius 3 is 2.65 bits per heavy atom. The summed E-state index contributed by atoms with van der Waals surface area (Å²) in [6.45, 7) is 10.4. The summed E-state index contributed by atoms with van der Waals surface area (Å²) >= 11 is 0. The fourth-order valence-corrected chi connectivity index (χ4v) is 9.71. The molecule has 5 aliphatic rings. The number of allylic oxidation sites excluding steroid dienone is 1. The highest BCUT2D eigenvalue weighted by molar-refractivity contribution is 5.85. The van der Waals surface area contributed by atoms with Crippen molar-refractivity contribution >= 4 is 17.7 Å². The maximum atomic E-state index is 11.6. The van der Waals surface area contributed by atoms with E-state index in [4.69, 9.17) is 23.8 Å². The Hall–Kier alpha value is -3.04. The minimum atomic E-state index is -0.620. The number of nitrogens with zero attached hydrogens (tertiary/aromatic N) is 2. The van der Waals surface area contributed by atoms with Gasteiger partial charge in [-0.25, -0.2) is 0 Å². The molecule has 0 saturated heterocycles. The molecule has 0 N–H and O–H groups in total. The van der Waals surface area contributed by atoms with Crippen LogP contribution in [0.4, 0.5) is 0 Å². The number of pyridine rings is 1. The minimum absolute atomic E-state index is 0.000807. The summed E-state index contributed by atoms with van der Waals surface area (Å²) in [5.74, 6) is 1.73. The Labute approximate surface area is 273 Å². The second-order valence-corrected chi connectivity index (χ2v) is 14.6. The lowest BCUT2D eigenvalue weighted by atomic mass is 9.47. The first kappa shape index (κ1) is 32.9. The molecule has 0 spiro atoms. The zero-order valence-corrected chi connectivity index (χ0v) is 28.0. The average molecular weight is 635 g/mol. The molecule has 9 nitrogen and oxygen atoms in total. The van der Waals surface area contributed by atoms with Crippen molar-refractivity contribution in [2.24, 2.45) is 39.7 Å². The van der Waals surface area contributed by atoms with E-state index in [-0.39, 0.29) is 23.5 Å². The van der Waals surface area contributed by atoms with Crippen LogP contribution in [0.5, 0.6) is 0 Å². The van der Waals surface area contributed by atoms with Crippen LogP contribution in [0.1, 0.15) is 91.5 Å². The molecule has 6 rings (SSSR count). The van der Waals surface area contributed by atoms with Gasteiger partial charge >= 0.3 is 11.9 Å². The van der Waals surface area contributed by atoms with Crippen LogP contribution in [0, 0.1) is 34.5 Å². The van der Waals surface area contributed by atoms with Crippen LogP contribution < -0.4 is 0 Å². The molecule has 46 heavy (non-hydrogen) atoms. The topological polar surface area (TPSA) is 106 Å². The predicted octanol–water partition coefficient (Wildman–Crippen LogP) is 6.71. The number of ether oxygens (including phenoxy) is 4. The lowest BCUT2D eigenvalue weighted by Gasteiger charge is -2.58. The fourth-order valence-electron chi connectivity index (χ4n) is 9.71. The number of oxime groups is 1. The highest BCUT2D eigenvalue weighted by Crippen LogP contribution is 2.66. The Bertz CT molecular complexity index is 1360. The summed E-state index contributed by atoms with van der Waals surface area (Å²) in [4.78, 5) is 33.0. The molecule has 1 aromatic heterocycles. The van der Waals surface area contributed by atoms with Gasteiger partial charge in [-0.2, -0.15) is 0 Å². The molecule has 3 saturated carbocycles. The number of rotatable bonds is 9. The Morgan fingerprint density at radius 1 is 1.04 bits per heavy atom. The standard InChI is InChI=1S/C37H50N2O7/c1-23(39-43-21-26-7-6-18-38-20-26)30-10-11-31-29-9-8-27-19-28(14-16-36(27,4)32(29)15-17-37(30,31)5)45-35-13-12-33(44-25(3)41)34(46-35)22-42-24(2)40/h6-8,12-13,18,20,28-35H,9-11,14-17,19,21-22H2,1-5H3/b39-23+/t28-,29?,30+,31?,32?,33-,34+,35?,36-,37+/m0/s1. The van der Waals surface area contributed by atoms with Crippen molar-refractivity contribution < 1.29 is 33.4 Å². The van der Waals surface area contributed by atoms with Crippen LogP contribution >= 0.6 is 0 Å². The summed E-state index contributed by atoms with van der Waals surface area (Å²) < 4.78 is 23.2. The van der Waals surface area contributed by atoms with Crippen LogP contribution in [-0.4, -0.2) is 53.8 Å². The van der Waals surface area contributed by atoms with Crippen LogP contribution in [0.25, 0.3) is 0 Å². The number of hydrogen-bond acceptors (Lipinski definition) is 9. The zero-order chi connectivity index (χ0) is 32.5. The summed E-state index contributed by atoms with van der Waals surface area (Å²) in [5, 5.41) is 4.62. The number of esters is 2. The van der Waals surface area contributed by atoms with Gasteiger partial charge in [-0.1, -0.05) is 36.7 Å². The Morgan fingerprint density at radius 2 is 1.89 bits per heavy atom. The molecular weight excluding hydrogens is 584 g/mol. The van der Waals surface area contributed by atoms with E-state index < -0.39 is 30.4 Å². The molecule has 4 unspecified atom stereocenters. The summed E-state index contributed by atoms with van der Waals surface area (Å²) in [6, 6.07) is 3.94. The normalized spacial score (nSPS) is 38.5. The average Bonchev–Trinajstić information content (AvgIpc) is 3.39. The number of carbonyl (C=O) groups excluding carboxylic acids is 2. The molecule has 0 radical (unpaired) electrons. The van der Waals surface area contributed by atoms with Crippen molar-refractivity contribution in [3.8, 4) is 0 Å². The molecule has 1 aromatic rings. The van der Waals surface area contributed by atoms with E-state index in [1.54, 1.807) is 17.8 Å². The van der Waals surface area contributed by atoms with Gasteiger partial charge in [0.2, 0.25) is 0 Å². The summed E-state index contributed by atoms with van der Waals surface area (Å²) in [5.41, 5.74) is 4.16. The van der Waals surface area contributed by atoms with Crippen molar-refractivity contribution in [2.45, 2.75) is 117 Å². The van der Waals surface area contributed by atoms with E-state index >= 15 is 0 Å². The van der Waals surface area contributed by atoms with Gasteiger partial charge in [0.1, 0.15) is 25.4 Å². The quantitative estimate of drug-likeness (QED) is 0.128. The Balaban J connectivity index is 1.08. The SMILES string of the molecule is CC(=O)OC[C@H]1OC(O[C@H]2CC[C@@]3(C)C(=CCC4C3CC[C@@]3(C)C4CC[C@@H]3/C(C)=N/OCc3cccnc3)C2)C=C[C@@H]1OC(C)=O. The smallest absolute Gasteiger partial charge is 0.303 e. The van der Waals surface area contributed by atoms with Crippen molar-refractivity contribution in [3.63, 3.8) is 0 Å². The van der Waals surface area contributed by atoms with Gasteiger partial charge in [0.05, 0.1) is 11.8 Å². The van der Waals surface area contributed by atoms with Gasteiger partial charge < -0.3 is 23.8 Å². The molecule has 3 fully saturated rings. The van der Waals surface area contributed by atoms with Crippen LogP contribution in [-0.2, 0) is 40.0 Å². The van der Waals surface area contributed by atoms with Crippen LogP contribution in [0.2, 0.25) is 0 Å². The number of carbonyl (C=O) groups is 2. The predicted molar refractivity (Wildman–Crippen MR) is 172 cm³/mol. The molecule has 0 bridgehead atoms. The number of aromatic nitrogens is 1. The highest BCUT2D eigenvalue weighted by atomic mass is 16.7. The van der Waals surface area contributed by atoms with E-state index in [2.05, 4.69) is 37.0 Å². The largest absolute Gasteiger partial charge is 0.463 e. The van der Waals surface area contributed by atoms with Crippen molar-refractivity contribution in [1.82, 2.24) is 4.98 Å². The lowest BCUT2D eigenvalue weighted by molar-refractivity contribution is -0.213. The molecule has 0 amide bonds. The van der Waals surface area contributed by atoms with Crippen molar-refractivity contribution in [2.75, 3.05) is 6.61 Å². The van der Waals surface area contributed by atoms with Gasteiger partial charge in [0.25, 0.3) is 0 Å². The highest BCUT2D eigenvalue weighted by Gasteiger charge is 2.59. The maximum Gasteiger partial charge on any atom is 0.303 e. The molecule has 2 heterocycles. The third-order valence-electron chi connectivity index (χ3n) is 11.9. The molecule has 4 aliphatic carbocycles. The van der Waals surface area contributed by atoms with Gasteiger partial charge in [-0.05, 0) is 105 Å². The lowest BCUT2D eigenvalue weighted by Crippen LogP contribution is -2.51. The third kappa shape index (κ3) is 6.68. The second kappa shape index (κ2) is 13.6. The molecule has 9 heteroatoms. The van der Waals surface area contributed by atoms with Gasteiger partial charge in [0, 0.05) is 37.7 Å². The van der Waals surface area contributed by atoms with E-state index in [1.165, 1.54) is 39.5 Å². The van der Waals surface area contributed by atoms with Gasteiger partial charge in [-0.15, -0.1) is 0 Å². The summed E-state index contributed by atoms with van der Waals surface area (Å²) in [7, 11) is 0. The Kier molecular flexibility index (Phi) is 9.72. The number of hydrogen-bond donors (Lipinski definition) is 0. The van der Waals surface area contributed by atoms with Crippen LogP contribution in [0.3, 0.4) is 0 Å². The number of fused-ring (bicyclic) bond motifs is 5. The third-order valence-corrected chi connectivity index (χ3v) is 11.9. The molecule has 10 atom stereocenters. The maximum absolute atomic E-state index is 11.6. The summed E-state index contributed by atoms with van der Waals surface area (Å²) in [6.07, 6.45) is 17.0. The van der Waals surface area contributed by atoms with Crippen LogP contribution in [0.15, 0.2) is 53.5 Å². The van der Waals surface area contributed by atoms with E-state index in [1.807, 2.05) is 24.4 Å². The molecule has 0 aromatic carbocycles. The minimum Gasteiger partial charge on any atom is -0.463 e. The van der Waals surface area contributed by atoms with Crippen molar-refractivity contribution in [3.05, 3.63) is 53.9 Å². The molecular formula is C37H50N2O7. The molecule has 250 valence electrons. The van der Waals surface area contributed by atoms with E-state index in [0.717, 1.165) is 37.0 Å². The van der Waals surface area contributed by atoms with Crippen molar-refractivity contribution in [1.29, 1.82) is 0 Å². The van der Waals surface area contributed by atoms with E-state index in [0.29, 0.717) is 30.3 Å². The first-order valence-corrected chi connectivity index (χ1v) is 17.1. The van der Waals surface area contributed by atoms with E-state index in [9.17, 15) is 9.59 Å². The fraction of sp³-hybridized carbons (Fsp3) is 0.676. The van der Waals surface area contributed by atoms with Gasteiger partial charge in [-0.3, -0.25) is 14.6 Å². The molecule has 1 aliphatic heterocycles. The monoisotopic (exact) mass is 634 g/mol. The first-order chi connectivity index (χ1) is 22.1. The second-order valence-electron chi connectivity index (χ2n) is 14.6.